The number of amides is 2. The van der Waals surface area contributed by atoms with Gasteiger partial charge in [-0.2, -0.15) is 0 Å². The van der Waals surface area contributed by atoms with Crippen molar-refractivity contribution in [3.63, 3.8) is 0 Å². The first kappa shape index (κ1) is 31.7. The molecule has 13 heteroatoms. The van der Waals surface area contributed by atoms with Crippen molar-refractivity contribution in [2.45, 2.75) is 83.0 Å². The van der Waals surface area contributed by atoms with E-state index in [1.54, 1.807) is 16.8 Å². The molecule has 9 nitrogen and oxygen atoms in total. The van der Waals surface area contributed by atoms with Crippen LogP contribution in [0.2, 0.25) is 30.8 Å². The summed E-state index contributed by atoms with van der Waals surface area (Å²) in [5.41, 5.74) is 0.531. The number of carboxylic acid groups (broad SMARTS) is 1. The topological polar surface area (TPSA) is 115 Å². The predicted molar refractivity (Wildman–Crippen MR) is 159 cm³/mol. The minimum absolute atomic E-state index is 0.0517. The molecule has 0 spiro atoms. The van der Waals surface area contributed by atoms with Gasteiger partial charge in [0.15, 0.2) is 17.4 Å². The van der Waals surface area contributed by atoms with Crippen molar-refractivity contribution in [2.24, 2.45) is 0 Å². The summed E-state index contributed by atoms with van der Waals surface area (Å²) in [6.45, 7) is 7.62. The molecule has 1 saturated carbocycles. The first-order chi connectivity index (χ1) is 19.9. The van der Waals surface area contributed by atoms with Gasteiger partial charge in [-0.05, 0) is 42.6 Å². The first-order valence-corrected chi connectivity index (χ1v) is 18.2. The Morgan fingerprint density at radius 2 is 1.86 bits per heavy atom. The Bertz CT molecular complexity index is 1400. The van der Waals surface area contributed by atoms with E-state index in [0.717, 1.165) is 50.3 Å². The molecule has 3 N–H and O–H groups in total. The van der Waals surface area contributed by atoms with Crippen molar-refractivity contribution in [3.05, 3.63) is 52.8 Å². The number of halogens is 3. The number of hydrogen-bond donors (Lipinski definition) is 3. The van der Waals surface area contributed by atoms with E-state index in [4.69, 9.17) is 21.1 Å². The lowest BCUT2D eigenvalue weighted by Gasteiger charge is -2.25. The third kappa shape index (κ3) is 8.65. The van der Waals surface area contributed by atoms with Crippen LogP contribution in [0.1, 0.15) is 37.7 Å². The van der Waals surface area contributed by atoms with Gasteiger partial charge in [-0.15, -0.1) is 0 Å². The highest BCUT2D eigenvalue weighted by Gasteiger charge is 2.26. The maximum Gasteiger partial charge on any atom is 0.405 e. The number of ether oxygens (including phenoxy) is 2. The average molecular weight is 623 g/mol. The van der Waals surface area contributed by atoms with Crippen LogP contribution >= 0.6 is 11.6 Å². The standard InChI is InChI=1S/C29H37ClF2N4O5Si/c1-42(2,3)12-11-40-17-36-10-9-20-24(16-25(30)35-27(20)36)41-26-21(31)13-18(14-22(26)32)15-23(34-29(38)39)28(37)33-19-7-5-4-6-8-19/h9-10,13-14,16,19,23,34H,4-8,11-12,15,17H2,1-3H3,(H,33,37)(H,38,39). The number of nitrogens with one attached hydrogen (secondary N) is 2. The third-order valence-electron chi connectivity index (χ3n) is 7.16. The normalized spacial score (nSPS) is 15.0. The average Bonchev–Trinajstić information content (AvgIpc) is 3.30. The smallest absolute Gasteiger partial charge is 0.405 e. The number of hydrogen-bond acceptors (Lipinski definition) is 5. The summed E-state index contributed by atoms with van der Waals surface area (Å²) >= 11 is 6.22. The van der Waals surface area contributed by atoms with Crippen molar-refractivity contribution >= 4 is 42.7 Å². The Balaban J connectivity index is 1.50. The quantitative estimate of drug-likeness (QED) is 0.118. The van der Waals surface area contributed by atoms with Crippen molar-refractivity contribution in [1.82, 2.24) is 20.2 Å². The Morgan fingerprint density at radius 3 is 2.50 bits per heavy atom. The maximum absolute atomic E-state index is 15.2. The lowest BCUT2D eigenvalue weighted by molar-refractivity contribution is -0.123. The second-order valence-corrected chi connectivity index (χ2v) is 17.9. The molecule has 1 atom stereocenters. The minimum atomic E-state index is -1.41. The van der Waals surface area contributed by atoms with Crippen LogP contribution in [0.4, 0.5) is 13.6 Å². The van der Waals surface area contributed by atoms with Gasteiger partial charge >= 0.3 is 6.09 Å². The van der Waals surface area contributed by atoms with Crippen molar-refractivity contribution in [1.29, 1.82) is 0 Å². The number of carbonyl (C=O) groups excluding carboxylic acids is 1. The predicted octanol–water partition coefficient (Wildman–Crippen LogP) is 6.70. The lowest BCUT2D eigenvalue weighted by atomic mass is 9.95. The summed E-state index contributed by atoms with van der Waals surface area (Å²) in [5, 5.41) is 14.8. The maximum atomic E-state index is 15.2. The zero-order chi connectivity index (χ0) is 30.4. The van der Waals surface area contributed by atoms with E-state index in [1.165, 1.54) is 6.07 Å². The monoisotopic (exact) mass is 622 g/mol. The van der Waals surface area contributed by atoms with Gasteiger partial charge in [0, 0.05) is 39.4 Å². The number of rotatable bonds is 12. The van der Waals surface area contributed by atoms with E-state index in [2.05, 4.69) is 35.3 Å². The number of nitrogens with zero attached hydrogens (tertiary/aromatic N) is 2. The molecular weight excluding hydrogens is 586 g/mol. The Labute approximate surface area is 249 Å². The summed E-state index contributed by atoms with van der Waals surface area (Å²) in [6, 6.07) is 4.86. The summed E-state index contributed by atoms with van der Waals surface area (Å²) in [5.74, 6) is -3.11. The van der Waals surface area contributed by atoms with Crippen LogP contribution < -0.4 is 15.4 Å². The fourth-order valence-electron chi connectivity index (χ4n) is 4.91. The van der Waals surface area contributed by atoms with E-state index < -0.39 is 43.5 Å². The molecule has 42 heavy (non-hydrogen) atoms. The number of benzene rings is 1. The van der Waals surface area contributed by atoms with E-state index >= 15 is 8.78 Å². The molecule has 0 saturated heterocycles. The highest BCUT2D eigenvalue weighted by atomic mass is 35.5. The van der Waals surface area contributed by atoms with Crippen LogP contribution in [0.25, 0.3) is 11.0 Å². The highest BCUT2D eigenvalue weighted by molar-refractivity contribution is 6.76. The fraction of sp³-hybridized carbons (Fsp3) is 0.483. The molecule has 1 aliphatic carbocycles. The van der Waals surface area contributed by atoms with E-state index in [0.29, 0.717) is 17.6 Å². The Hall–Kier alpha value is -3.22. The van der Waals surface area contributed by atoms with Crippen molar-refractivity contribution < 1.29 is 33.0 Å². The molecule has 2 amide bonds. The largest absolute Gasteiger partial charge is 0.465 e. The first-order valence-electron chi connectivity index (χ1n) is 14.1. The van der Waals surface area contributed by atoms with Crippen LogP contribution in [0.5, 0.6) is 11.5 Å². The summed E-state index contributed by atoms with van der Waals surface area (Å²) in [7, 11) is -1.25. The van der Waals surface area contributed by atoms with Gasteiger partial charge in [-0.3, -0.25) is 4.79 Å². The highest BCUT2D eigenvalue weighted by Crippen LogP contribution is 2.35. The SMILES string of the molecule is C[Si](C)(C)CCOCn1ccc2c(Oc3c(F)cc(CC(NC(=O)O)C(=O)NC4CCCCC4)cc3F)cc(Cl)nc21. The number of aromatic nitrogens is 2. The zero-order valence-electron chi connectivity index (χ0n) is 24.0. The molecule has 228 valence electrons. The zero-order valence-corrected chi connectivity index (χ0v) is 25.8. The molecule has 1 fully saturated rings. The number of fused-ring (bicyclic) bond motifs is 1. The van der Waals surface area contributed by atoms with E-state index in [1.807, 2.05) is 0 Å². The van der Waals surface area contributed by atoms with Crippen LogP contribution in [0.15, 0.2) is 30.5 Å². The van der Waals surface area contributed by atoms with Gasteiger partial charge in [0.05, 0.1) is 5.39 Å². The van der Waals surface area contributed by atoms with Gasteiger partial charge in [-0.1, -0.05) is 50.5 Å². The Kier molecular flexibility index (Phi) is 10.4. The number of carbonyl (C=O) groups is 2. The van der Waals surface area contributed by atoms with E-state index in [9.17, 15) is 14.7 Å². The van der Waals surface area contributed by atoms with E-state index in [-0.39, 0.29) is 35.7 Å². The summed E-state index contributed by atoms with van der Waals surface area (Å²) in [6.07, 6.45) is 4.74. The van der Waals surface area contributed by atoms with Crippen molar-refractivity contribution in [3.8, 4) is 11.5 Å². The summed E-state index contributed by atoms with van der Waals surface area (Å²) < 4.78 is 43.7. The van der Waals surface area contributed by atoms with Gasteiger partial charge in [0.2, 0.25) is 5.91 Å². The van der Waals surface area contributed by atoms with Crippen molar-refractivity contribution in [2.75, 3.05) is 6.61 Å². The van der Waals surface area contributed by atoms with Gasteiger partial charge in [0.1, 0.15) is 29.3 Å². The van der Waals surface area contributed by atoms with Crippen LogP contribution in [-0.2, 0) is 22.7 Å². The third-order valence-corrected chi connectivity index (χ3v) is 9.06. The minimum Gasteiger partial charge on any atom is -0.465 e. The van der Waals surface area contributed by atoms with Crippen LogP contribution in [0.3, 0.4) is 0 Å². The molecule has 1 unspecified atom stereocenters. The van der Waals surface area contributed by atoms with Crippen LogP contribution in [0, 0.1) is 11.6 Å². The molecular formula is C29H37ClF2N4O5Si. The molecule has 0 radical (unpaired) electrons. The summed E-state index contributed by atoms with van der Waals surface area (Å²) in [4.78, 5) is 28.5. The fourth-order valence-corrected chi connectivity index (χ4v) is 5.85. The molecule has 1 aliphatic rings. The van der Waals surface area contributed by atoms with Crippen LogP contribution in [-0.4, -0.2) is 53.4 Å². The number of pyridine rings is 1. The second kappa shape index (κ2) is 13.8. The molecule has 1 aromatic carbocycles. The molecule has 2 aromatic heterocycles. The van der Waals surface area contributed by atoms with Gasteiger partial charge < -0.3 is 29.8 Å². The molecule has 0 aliphatic heterocycles. The molecule has 0 bridgehead atoms. The lowest BCUT2D eigenvalue weighted by Crippen LogP contribution is -2.50. The molecule has 2 heterocycles. The van der Waals surface area contributed by atoms with Gasteiger partial charge in [0.25, 0.3) is 0 Å². The van der Waals surface area contributed by atoms with Gasteiger partial charge in [-0.25, -0.2) is 18.6 Å². The Morgan fingerprint density at radius 1 is 1.17 bits per heavy atom. The molecule has 4 rings (SSSR count). The molecule has 3 aromatic rings. The second-order valence-electron chi connectivity index (χ2n) is 11.9.